The van der Waals surface area contributed by atoms with Gasteiger partial charge in [-0.1, -0.05) is 6.07 Å². The summed E-state index contributed by atoms with van der Waals surface area (Å²) in [6.07, 6.45) is 3.44. The molecule has 0 spiro atoms. The molecule has 1 saturated carbocycles. The van der Waals surface area contributed by atoms with Crippen molar-refractivity contribution in [1.82, 2.24) is 15.3 Å². The number of nitrogens with zero attached hydrogens (tertiary/aromatic N) is 2. The lowest BCUT2D eigenvalue weighted by Gasteiger charge is -2.29. The van der Waals surface area contributed by atoms with Crippen molar-refractivity contribution in [2.24, 2.45) is 0 Å². The van der Waals surface area contributed by atoms with Crippen molar-refractivity contribution in [2.75, 3.05) is 14.2 Å². The zero-order chi connectivity index (χ0) is 20.1. The number of aromatic nitrogens is 2. The van der Waals surface area contributed by atoms with Gasteiger partial charge in [-0.05, 0) is 57.7 Å². The first-order chi connectivity index (χ1) is 13.5. The first-order valence-corrected chi connectivity index (χ1v) is 9.51. The average Bonchev–Trinajstić information content (AvgIpc) is 2.68. The predicted octanol–water partition coefficient (Wildman–Crippen LogP) is 3.23. The number of hydrogen-bond acceptors (Lipinski definition) is 6. The van der Waals surface area contributed by atoms with Gasteiger partial charge in [0, 0.05) is 17.4 Å². The number of hydrogen-bond donors (Lipinski definition) is 1. The highest BCUT2D eigenvalue weighted by Gasteiger charge is 2.26. The molecular weight excluding hydrogens is 358 g/mol. The standard InChI is InChI=1S/C21H27N3O4/c1-13-12-14(2)23-21(22-13)28-16-10-8-15(9-11-16)24-20(25)17-6-5-7-18(26-3)19(17)27-4/h5-7,12,15-16H,8-11H2,1-4H3,(H,24,25). The van der Waals surface area contributed by atoms with Crippen LogP contribution >= 0.6 is 0 Å². The molecule has 150 valence electrons. The van der Waals surface area contributed by atoms with Gasteiger partial charge in [0.25, 0.3) is 5.91 Å². The maximum atomic E-state index is 12.7. The first kappa shape index (κ1) is 19.9. The second kappa shape index (κ2) is 8.91. The smallest absolute Gasteiger partial charge is 0.317 e. The molecule has 2 aromatic rings. The van der Waals surface area contributed by atoms with Gasteiger partial charge in [-0.15, -0.1) is 0 Å². The van der Waals surface area contributed by atoms with Crippen molar-refractivity contribution in [3.63, 3.8) is 0 Å². The molecule has 7 nitrogen and oxygen atoms in total. The number of carbonyl (C=O) groups excluding carboxylic acids is 1. The van der Waals surface area contributed by atoms with Crippen molar-refractivity contribution in [3.8, 4) is 17.5 Å². The van der Waals surface area contributed by atoms with E-state index < -0.39 is 0 Å². The van der Waals surface area contributed by atoms with Crippen LogP contribution < -0.4 is 19.5 Å². The second-order valence-electron chi connectivity index (χ2n) is 7.04. The summed E-state index contributed by atoms with van der Waals surface area (Å²) in [6.45, 7) is 3.86. The number of para-hydroxylation sites is 1. The summed E-state index contributed by atoms with van der Waals surface area (Å²) in [5.41, 5.74) is 2.27. The summed E-state index contributed by atoms with van der Waals surface area (Å²) in [6, 6.07) is 7.75. The molecule has 0 radical (unpaired) electrons. The summed E-state index contributed by atoms with van der Waals surface area (Å²) in [4.78, 5) is 21.4. The Labute approximate surface area is 165 Å². The van der Waals surface area contributed by atoms with Crippen LogP contribution in [0, 0.1) is 13.8 Å². The summed E-state index contributed by atoms with van der Waals surface area (Å²) in [5.74, 6) is 0.838. The maximum Gasteiger partial charge on any atom is 0.317 e. The van der Waals surface area contributed by atoms with E-state index in [0.29, 0.717) is 23.1 Å². The Bertz CT molecular complexity index is 812. The highest BCUT2D eigenvalue weighted by molar-refractivity contribution is 5.98. The van der Waals surface area contributed by atoms with Crippen LogP contribution in [-0.4, -0.2) is 42.2 Å². The normalized spacial score (nSPS) is 19.0. The molecule has 7 heteroatoms. The van der Waals surface area contributed by atoms with Crippen molar-refractivity contribution in [1.29, 1.82) is 0 Å². The van der Waals surface area contributed by atoms with Crippen LogP contribution in [0.4, 0.5) is 0 Å². The third kappa shape index (κ3) is 4.71. The molecule has 1 aromatic carbocycles. The molecule has 0 atom stereocenters. The van der Waals surface area contributed by atoms with Crippen LogP contribution in [0.1, 0.15) is 47.4 Å². The van der Waals surface area contributed by atoms with Gasteiger partial charge < -0.3 is 19.5 Å². The van der Waals surface area contributed by atoms with Gasteiger partial charge in [0.2, 0.25) is 0 Å². The molecular formula is C21H27N3O4. The van der Waals surface area contributed by atoms with E-state index in [1.165, 1.54) is 7.11 Å². The summed E-state index contributed by atoms with van der Waals surface area (Å²) >= 11 is 0. The highest BCUT2D eigenvalue weighted by atomic mass is 16.5. The lowest BCUT2D eigenvalue weighted by molar-refractivity contribution is 0.0881. The summed E-state index contributed by atoms with van der Waals surface area (Å²) in [5, 5.41) is 3.10. The minimum atomic E-state index is -0.155. The largest absolute Gasteiger partial charge is 0.493 e. The van der Waals surface area contributed by atoms with Gasteiger partial charge >= 0.3 is 6.01 Å². The topological polar surface area (TPSA) is 82.6 Å². The van der Waals surface area contributed by atoms with Crippen LogP contribution in [-0.2, 0) is 0 Å². The Balaban J connectivity index is 1.56. The van der Waals surface area contributed by atoms with E-state index in [9.17, 15) is 4.79 Å². The van der Waals surface area contributed by atoms with E-state index in [4.69, 9.17) is 14.2 Å². The molecule has 28 heavy (non-hydrogen) atoms. The quantitative estimate of drug-likeness (QED) is 0.822. The fourth-order valence-electron chi connectivity index (χ4n) is 3.55. The van der Waals surface area contributed by atoms with E-state index in [1.54, 1.807) is 25.3 Å². The van der Waals surface area contributed by atoms with Gasteiger partial charge in [0.15, 0.2) is 11.5 Å². The Kier molecular flexibility index (Phi) is 6.34. The van der Waals surface area contributed by atoms with E-state index in [2.05, 4.69) is 15.3 Å². The lowest BCUT2D eigenvalue weighted by atomic mass is 9.92. The second-order valence-corrected chi connectivity index (χ2v) is 7.04. The number of amides is 1. The monoisotopic (exact) mass is 385 g/mol. The Hall–Kier alpha value is -2.83. The molecule has 1 aliphatic carbocycles. The van der Waals surface area contributed by atoms with Crippen LogP contribution in [0.15, 0.2) is 24.3 Å². The fourth-order valence-corrected chi connectivity index (χ4v) is 3.55. The van der Waals surface area contributed by atoms with E-state index in [0.717, 1.165) is 37.1 Å². The van der Waals surface area contributed by atoms with E-state index in [-0.39, 0.29) is 18.1 Å². The third-order valence-corrected chi connectivity index (χ3v) is 4.89. The number of ether oxygens (including phenoxy) is 3. The first-order valence-electron chi connectivity index (χ1n) is 9.51. The van der Waals surface area contributed by atoms with E-state index >= 15 is 0 Å². The summed E-state index contributed by atoms with van der Waals surface area (Å²) < 4.78 is 16.6. The average molecular weight is 385 g/mol. The molecule has 0 saturated heterocycles. The lowest BCUT2D eigenvalue weighted by Crippen LogP contribution is -2.40. The number of carbonyl (C=O) groups is 1. The number of nitrogens with one attached hydrogen (secondary N) is 1. The van der Waals surface area contributed by atoms with Gasteiger partial charge in [-0.25, -0.2) is 9.97 Å². The SMILES string of the molecule is COc1cccc(C(=O)NC2CCC(Oc3nc(C)cc(C)n3)CC2)c1OC. The van der Waals surface area contributed by atoms with E-state index in [1.807, 2.05) is 19.9 Å². The van der Waals surface area contributed by atoms with Gasteiger partial charge in [-0.3, -0.25) is 4.79 Å². The minimum absolute atomic E-state index is 0.0701. The number of methoxy groups -OCH3 is 2. The molecule has 1 aliphatic rings. The summed E-state index contributed by atoms with van der Waals surface area (Å²) in [7, 11) is 3.09. The molecule has 1 fully saturated rings. The molecule has 0 unspecified atom stereocenters. The van der Waals surface area contributed by atoms with Crippen LogP contribution in [0.25, 0.3) is 0 Å². The highest BCUT2D eigenvalue weighted by Crippen LogP contribution is 2.31. The minimum Gasteiger partial charge on any atom is -0.493 e. The molecule has 0 bridgehead atoms. The van der Waals surface area contributed by atoms with Crippen molar-refractivity contribution >= 4 is 5.91 Å². The Morgan fingerprint density at radius 3 is 2.32 bits per heavy atom. The molecule has 1 N–H and O–H groups in total. The van der Waals surface area contributed by atoms with Crippen molar-refractivity contribution in [2.45, 2.75) is 51.7 Å². The predicted molar refractivity (Wildman–Crippen MR) is 105 cm³/mol. The molecule has 1 aromatic heterocycles. The van der Waals surface area contributed by atoms with Crippen LogP contribution in [0.5, 0.6) is 17.5 Å². The number of benzene rings is 1. The van der Waals surface area contributed by atoms with Crippen LogP contribution in [0.3, 0.4) is 0 Å². The Morgan fingerprint density at radius 2 is 1.71 bits per heavy atom. The van der Waals surface area contributed by atoms with Crippen molar-refractivity contribution in [3.05, 3.63) is 41.2 Å². The number of aryl methyl sites for hydroxylation is 2. The third-order valence-electron chi connectivity index (χ3n) is 4.89. The molecule has 0 aliphatic heterocycles. The molecule has 1 amide bonds. The molecule has 1 heterocycles. The van der Waals surface area contributed by atoms with Gasteiger partial charge in [-0.2, -0.15) is 0 Å². The fraction of sp³-hybridized carbons (Fsp3) is 0.476. The Morgan fingerprint density at radius 1 is 1.04 bits per heavy atom. The zero-order valence-corrected chi connectivity index (χ0v) is 16.8. The molecule has 3 rings (SSSR count). The zero-order valence-electron chi connectivity index (χ0n) is 16.8. The van der Waals surface area contributed by atoms with Gasteiger partial charge in [0.05, 0.1) is 19.8 Å². The number of rotatable bonds is 6. The van der Waals surface area contributed by atoms with Crippen molar-refractivity contribution < 1.29 is 19.0 Å². The van der Waals surface area contributed by atoms with Crippen LogP contribution in [0.2, 0.25) is 0 Å². The maximum absolute atomic E-state index is 12.7. The van der Waals surface area contributed by atoms with Gasteiger partial charge in [0.1, 0.15) is 6.10 Å².